The molecule has 0 radical (unpaired) electrons. The fourth-order valence-corrected chi connectivity index (χ4v) is 2.94. The number of aldehydes is 1. The number of rotatable bonds is 6. The molecule has 0 saturated heterocycles. The molecule has 0 spiro atoms. The number of benzene rings is 1. The summed E-state index contributed by atoms with van der Waals surface area (Å²) in [6.07, 6.45) is 3.07. The number of aromatic nitrogens is 3. The second kappa shape index (κ2) is 6.80. The normalized spacial score (nSPS) is 11.1. The summed E-state index contributed by atoms with van der Waals surface area (Å²) in [6, 6.07) is 8.00. The number of fused-ring (bicyclic) bond motifs is 1. The lowest BCUT2D eigenvalue weighted by Gasteiger charge is -2.07. The van der Waals surface area contributed by atoms with Gasteiger partial charge in [-0.1, -0.05) is 29.8 Å². The molecule has 124 valence electrons. The van der Waals surface area contributed by atoms with Gasteiger partial charge in [-0.05, 0) is 18.9 Å². The second-order valence-corrected chi connectivity index (χ2v) is 5.70. The second-order valence-electron chi connectivity index (χ2n) is 5.70. The van der Waals surface area contributed by atoms with Crippen LogP contribution in [-0.4, -0.2) is 34.5 Å². The van der Waals surface area contributed by atoms with Gasteiger partial charge >= 0.3 is 0 Å². The molecule has 2 heterocycles. The van der Waals surface area contributed by atoms with Gasteiger partial charge in [0, 0.05) is 25.8 Å². The average Bonchev–Trinajstić information content (AvgIpc) is 2.91. The SMILES string of the molecule is COCCCn1c(C=O)c(-c2ccc(C)cc2)c2c(N)ncnc21. The third kappa shape index (κ3) is 2.76. The quantitative estimate of drug-likeness (QED) is 0.557. The highest BCUT2D eigenvalue weighted by Crippen LogP contribution is 2.36. The van der Waals surface area contributed by atoms with Crippen LogP contribution in [0.1, 0.15) is 22.5 Å². The van der Waals surface area contributed by atoms with Gasteiger partial charge in [0.05, 0.1) is 11.1 Å². The van der Waals surface area contributed by atoms with E-state index in [4.69, 9.17) is 10.5 Å². The third-order valence-electron chi connectivity index (χ3n) is 4.09. The molecule has 6 heteroatoms. The minimum absolute atomic E-state index is 0.379. The van der Waals surface area contributed by atoms with E-state index in [2.05, 4.69) is 9.97 Å². The molecular formula is C18H20N4O2. The van der Waals surface area contributed by atoms with Gasteiger partial charge in [-0.3, -0.25) is 4.79 Å². The van der Waals surface area contributed by atoms with Crippen molar-refractivity contribution in [3.8, 4) is 11.1 Å². The zero-order valence-corrected chi connectivity index (χ0v) is 13.8. The summed E-state index contributed by atoms with van der Waals surface area (Å²) in [5.74, 6) is 0.379. The van der Waals surface area contributed by atoms with Gasteiger partial charge in [-0.15, -0.1) is 0 Å². The number of nitrogen functional groups attached to an aromatic ring is 1. The minimum Gasteiger partial charge on any atom is -0.385 e. The van der Waals surface area contributed by atoms with Crippen LogP contribution in [0.2, 0.25) is 0 Å². The van der Waals surface area contributed by atoms with Crippen molar-refractivity contribution < 1.29 is 9.53 Å². The van der Waals surface area contributed by atoms with Gasteiger partial charge in [-0.2, -0.15) is 0 Å². The number of carbonyl (C=O) groups excluding carboxylic acids is 1. The predicted molar refractivity (Wildman–Crippen MR) is 94.0 cm³/mol. The smallest absolute Gasteiger partial charge is 0.167 e. The Bertz CT molecular complexity index is 869. The molecule has 0 atom stereocenters. The lowest BCUT2D eigenvalue weighted by Crippen LogP contribution is -2.06. The van der Waals surface area contributed by atoms with Crippen LogP contribution in [-0.2, 0) is 11.3 Å². The Morgan fingerprint density at radius 2 is 2.00 bits per heavy atom. The first kappa shape index (κ1) is 16.1. The number of hydrogen-bond donors (Lipinski definition) is 1. The van der Waals surface area contributed by atoms with E-state index in [-0.39, 0.29) is 0 Å². The van der Waals surface area contributed by atoms with E-state index in [1.54, 1.807) is 7.11 Å². The van der Waals surface area contributed by atoms with Crippen LogP contribution in [0.15, 0.2) is 30.6 Å². The van der Waals surface area contributed by atoms with Crippen molar-refractivity contribution in [3.05, 3.63) is 41.9 Å². The highest BCUT2D eigenvalue weighted by atomic mass is 16.5. The molecule has 1 aromatic carbocycles. The number of aryl methyl sites for hydroxylation is 2. The Hall–Kier alpha value is -2.73. The van der Waals surface area contributed by atoms with Crippen molar-refractivity contribution in [2.45, 2.75) is 19.9 Å². The van der Waals surface area contributed by atoms with E-state index in [0.717, 1.165) is 34.8 Å². The number of carbonyl (C=O) groups is 1. The van der Waals surface area contributed by atoms with Gasteiger partial charge in [-0.25, -0.2) is 9.97 Å². The van der Waals surface area contributed by atoms with Crippen molar-refractivity contribution in [3.63, 3.8) is 0 Å². The number of ether oxygens (including phenoxy) is 1. The number of methoxy groups -OCH3 is 1. The van der Waals surface area contributed by atoms with Crippen molar-refractivity contribution in [1.82, 2.24) is 14.5 Å². The maximum absolute atomic E-state index is 11.9. The molecule has 2 aromatic heterocycles. The molecule has 24 heavy (non-hydrogen) atoms. The summed E-state index contributed by atoms with van der Waals surface area (Å²) in [5, 5.41) is 0.723. The van der Waals surface area contributed by atoms with Crippen molar-refractivity contribution in [2.75, 3.05) is 19.5 Å². The Labute approximate surface area is 140 Å². The third-order valence-corrected chi connectivity index (χ3v) is 4.09. The molecule has 0 fully saturated rings. The first-order valence-electron chi connectivity index (χ1n) is 7.81. The summed E-state index contributed by atoms with van der Waals surface area (Å²) in [7, 11) is 1.66. The van der Waals surface area contributed by atoms with Crippen LogP contribution in [0.3, 0.4) is 0 Å². The zero-order chi connectivity index (χ0) is 17.1. The summed E-state index contributed by atoms with van der Waals surface area (Å²) in [5.41, 5.74) is 10.2. The van der Waals surface area contributed by atoms with Gasteiger partial charge in [0.2, 0.25) is 0 Å². The molecule has 6 nitrogen and oxygen atoms in total. The maximum atomic E-state index is 11.9. The standard InChI is InChI=1S/C18H20N4O2/c1-12-4-6-13(7-5-12)15-14(10-23)22(8-3-9-24-2)18-16(15)17(19)20-11-21-18/h4-7,10-11H,3,8-9H2,1-2H3,(H2,19,20,21). The van der Waals surface area contributed by atoms with Gasteiger partial charge in [0.15, 0.2) is 6.29 Å². The fourth-order valence-electron chi connectivity index (χ4n) is 2.94. The van der Waals surface area contributed by atoms with E-state index < -0.39 is 0 Å². The molecule has 0 aliphatic carbocycles. The zero-order valence-electron chi connectivity index (χ0n) is 13.8. The van der Waals surface area contributed by atoms with Gasteiger partial charge in [0.1, 0.15) is 17.8 Å². The molecule has 3 rings (SSSR count). The summed E-state index contributed by atoms with van der Waals surface area (Å²) >= 11 is 0. The van der Waals surface area contributed by atoms with E-state index in [1.165, 1.54) is 6.33 Å². The van der Waals surface area contributed by atoms with E-state index >= 15 is 0 Å². The number of anilines is 1. The predicted octanol–water partition coefficient (Wildman–Crippen LogP) is 2.84. The van der Waals surface area contributed by atoms with E-state index in [1.807, 2.05) is 35.8 Å². The number of nitrogens with zero attached hydrogens (tertiary/aromatic N) is 3. The van der Waals surface area contributed by atoms with Crippen molar-refractivity contribution >= 4 is 23.1 Å². The fraction of sp³-hybridized carbons (Fsp3) is 0.278. The molecule has 0 saturated carbocycles. The topological polar surface area (TPSA) is 83.0 Å². The van der Waals surface area contributed by atoms with Crippen LogP contribution in [0.25, 0.3) is 22.2 Å². The van der Waals surface area contributed by atoms with E-state index in [0.29, 0.717) is 30.3 Å². The number of nitrogens with two attached hydrogens (primary N) is 1. The molecule has 0 aliphatic heterocycles. The lowest BCUT2D eigenvalue weighted by atomic mass is 10.0. The first-order chi connectivity index (χ1) is 11.7. The molecule has 2 N–H and O–H groups in total. The molecule has 3 aromatic rings. The van der Waals surface area contributed by atoms with Crippen molar-refractivity contribution in [1.29, 1.82) is 0 Å². The molecule has 0 amide bonds. The van der Waals surface area contributed by atoms with Crippen molar-refractivity contribution in [2.24, 2.45) is 0 Å². The summed E-state index contributed by atoms with van der Waals surface area (Å²) < 4.78 is 7.02. The highest BCUT2D eigenvalue weighted by Gasteiger charge is 2.21. The van der Waals surface area contributed by atoms with Crippen LogP contribution in [0.4, 0.5) is 5.82 Å². The Kier molecular flexibility index (Phi) is 4.57. The monoisotopic (exact) mass is 324 g/mol. The van der Waals surface area contributed by atoms with Crippen LogP contribution < -0.4 is 5.73 Å². The summed E-state index contributed by atoms with van der Waals surface area (Å²) in [4.78, 5) is 20.3. The minimum atomic E-state index is 0.379. The van der Waals surface area contributed by atoms with Gasteiger partial charge < -0.3 is 15.0 Å². The highest BCUT2D eigenvalue weighted by molar-refractivity contribution is 6.07. The largest absolute Gasteiger partial charge is 0.385 e. The number of hydrogen-bond acceptors (Lipinski definition) is 5. The average molecular weight is 324 g/mol. The molecular weight excluding hydrogens is 304 g/mol. The molecule has 0 unspecified atom stereocenters. The Morgan fingerprint density at radius 1 is 1.25 bits per heavy atom. The summed E-state index contributed by atoms with van der Waals surface area (Å²) in [6.45, 7) is 3.26. The molecule has 0 bridgehead atoms. The molecule has 0 aliphatic rings. The van der Waals surface area contributed by atoms with E-state index in [9.17, 15) is 4.79 Å². The van der Waals surface area contributed by atoms with Crippen LogP contribution in [0, 0.1) is 6.92 Å². The Balaban J connectivity index is 2.26. The first-order valence-corrected chi connectivity index (χ1v) is 7.81. The lowest BCUT2D eigenvalue weighted by molar-refractivity contribution is 0.111. The Morgan fingerprint density at radius 3 is 2.67 bits per heavy atom. The van der Waals surface area contributed by atoms with Crippen LogP contribution >= 0.6 is 0 Å². The maximum Gasteiger partial charge on any atom is 0.167 e. The van der Waals surface area contributed by atoms with Gasteiger partial charge in [0.25, 0.3) is 0 Å². The van der Waals surface area contributed by atoms with Crippen LogP contribution in [0.5, 0.6) is 0 Å².